The zero-order chi connectivity index (χ0) is 20.5. The van der Waals surface area contributed by atoms with Gasteiger partial charge in [-0.1, -0.05) is 90.0 Å². The Hall–Kier alpha value is -2.49. The molecule has 0 aromatic heterocycles. The number of aryl methyl sites for hydroxylation is 1. The third-order valence-electron chi connectivity index (χ3n) is 4.42. The Kier molecular flexibility index (Phi) is 7.97. The number of nitrogens with one attached hydrogen (secondary N) is 1. The Bertz CT molecular complexity index is 985. The predicted octanol–water partition coefficient (Wildman–Crippen LogP) is 6.24. The van der Waals surface area contributed by atoms with Gasteiger partial charge in [-0.15, -0.1) is 0 Å². The molecular weight excluding hydrogens is 398 g/mol. The standard InChI is InChI=1S/C25H24ClNOS/c1-19-8-7-9-20(16-19)18-29-15-14-27-25(28)23(21-10-3-2-4-11-21)17-22-12-5-6-13-24(22)26/h2-13,16-17H,14-15,18H2,1H3,(H,27,28)/b23-17+. The van der Waals surface area contributed by atoms with Crippen LogP contribution in [0.4, 0.5) is 0 Å². The van der Waals surface area contributed by atoms with E-state index in [0.29, 0.717) is 17.1 Å². The third-order valence-corrected chi connectivity index (χ3v) is 5.79. The topological polar surface area (TPSA) is 29.1 Å². The van der Waals surface area contributed by atoms with Crippen LogP contribution >= 0.6 is 23.4 Å². The summed E-state index contributed by atoms with van der Waals surface area (Å²) in [5.74, 6) is 1.71. The van der Waals surface area contributed by atoms with Crippen molar-refractivity contribution in [2.45, 2.75) is 12.7 Å². The zero-order valence-electron chi connectivity index (χ0n) is 16.4. The molecular formula is C25H24ClNOS. The van der Waals surface area contributed by atoms with E-state index in [0.717, 1.165) is 22.6 Å². The van der Waals surface area contributed by atoms with E-state index in [9.17, 15) is 4.79 Å². The summed E-state index contributed by atoms with van der Waals surface area (Å²) in [6.07, 6.45) is 1.85. The van der Waals surface area contributed by atoms with Crippen LogP contribution in [0.5, 0.6) is 0 Å². The molecule has 0 unspecified atom stereocenters. The lowest BCUT2D eigenvalue weighted by atomic mass is 10.0. The van der Waals surface area contributed by atoms with Gasteiger partial charge in [0, 0.05) is 28.6 Å². The summed E-state index contributed by atoms with van der Waals surface area (Å²) in [5.41, 5.74) is 4.90. The highest BCUT2D eigenvalue weighted by molar-refractivity contribution is 7.98. The van der Waals surface area contributed by atoms with Gasteiger partial charge in [0.15, 0.2) is 0 Å². The fraction of sp³-hybridized carbons (Fsp3) is 0.160. The van der Waals surface area contributed by atoms with E-state index in [1.165, 1.54) is 11.1 Å². The van der Waals surface area contributed by atoms with Crippen molar-refractivity contribution in [1.82, 2.24) is 5.32 Å². The SMILES string of the molecule is Cc1cccc(CSCCNC(=O)/C(=C/c2ccccc2Cl)c2ccccc2)c1. The molecule has 0 radical (unpaired) electrons. The smallest absolute Gasteiger partial charge is 0.251 e. The number of benzene rings is 3. The number of carbonyl (C=O) groups excluding carboxylic acids is 1. The second-order valence-corrected chi connectivity index (χ2v) is 8.26. The minimum Gasteiger partial charge on any atom is -0.351 e. The molecule has 4 heteroatoms. The van der Waals surface area contributed by atoms with Crippen LogP contribution in [-0.2, 0) is 10.5 Å². The van der Waals surface area contributed by atoms with Crippen molar-refractivity contribution in [2.75, 3.05) is 12.3 Å². The van der Waals surface area contributed by atoms with Crippen LogP contribution in [-0.4, -0.2) is 18.2 Å². The van der Waals surface area contributed by atoms with Crippen LogP contribution in [0.15, 0.2) is 78.9 Å². The van der Waals surface area contributed by atoms with Crippen LogP contribution in [0.2, 0.25) is 5.02 Å². The monoisotopic (exact) mass is 421 g/mol. The van der Waals surface area contributed by atoms with E-state index >= 15 is 0 Å². The van der Waals surface area contributed by atoms with Crippen molar-refractivity contribution in [3.05, 3.63) is 106 Å². The van der Waals surface area contributed by atoms with Gasteiger partial charge in [0.2, 0.25) is 0 Å². The Morgan fingerprint density at radius 2 is 1.76 bits per heavy atom. The fourth-order valence-electron chi connectivity index (χ4n) is 2.97. The molecule has 0 fully saturated rings. The van der Waals surface area contributed by atoms with E-state index in [4.69, 9.17) is 11.6 Å². The first kappa shape index (κ1) is 21.2. The first-order valence-electron chi connectivity index (χ1n) is 9.56. The number of hydrogen-bond acceptors (Lipinski definition) is 2. The number of hydrogen-bond donors (Lipinski definition) is 1. The van der Waals surface area contributed by atoms with Crippen molar-refractivity contribution in [3.8, 4) is 0 Å². The highest BCUT2D eigenvalue weighted by atomic mass is 35.5. The van der Waals surface area contributed by atoms with Gasteiger partial charge in [-0.2, -0.15) is 11.8 Å². The van der Waals surface area contributed by atoms with Crippen LogP contribution in [0.25, 0.3) is 11.6 Å². The normalized spacial score (nSPS) is 11.3. The molecule has 1 N–H and O–H groups in total. The maximum Gasteiger partial charge on any atom is 0.251 e. The molecule has 3 rings (SSSR count). The Morgan fingerprint density at radius 1 is 1.00 bits per heavy atom. The molecule has 1 amide bonds. The number of halogens is 1. The summed E-state index contributed by atoms with van der Waals surface area (Å²) in [4.78, 5) is 12.9. The van der Waals surface area contributed by atoms with Crippen LogP contribution < -0.4 is 5.32 Å². The van der Waals surface area contributed by atoms with Gasteiger partial charge in [0.25, 0.3) is 5.91 Å². The van der Waals surface area contributed by atoms with E-state index < -0.39 is 0 Å². The molecule has 29 heavy (non-hydrogen) atoms. The fourth-order valence-corrected chi connectivity index (χ4v) is 3.97. The van der Waals surface area contributed by atoms with Crippen molar-refractivity contribution in [1.29, 1.82) is 0 Å². The highest BCUT2D eigenvalue weighted by Gasteiger charge is 2.12. The van der Waals surface area contributed by atoms with Crippen LogP contribution in [0, 0.1) is 6.92 Å². The molecule has 0 atom stereocenters. The second-order valence-electron chi connectivity index (χ2n) is 6.74. The van der Waals surface area contributed by atoms with E-state index in [2.05, 4.69) is 36.5 Å². The molecule has 0 heterocycles. The molecule has 0 aliphatic carbocycles. The quantitative estimate of drug-likeness (QED) is 0.265. The molecule has 0 saturated heterocycles. The molecule has 0 aliphatic heterocycles. The van der Waals surface area contributed by atoms with Gasteiger partial charge in [-0.3, -0.25) is 4.79 Å². The molecule has 2 nitrogen and oxygen atoms in total. The predicted molar refractivity (Wildman–Crippen MR) is 126 cm³/mol. The average Bonchev–Trinajstić information content (AvgIpc) is 2.73. The second kappa shape index (κ2) is 10.9. The Morgan fingerprint density at radius 3 is 2.52 bits per heavy atom. The number of carbonyl (C=O) groups is 1. The van der Waals surface area contributed by atoms with Gasteiger partial charge in [0.05, 0.1) is 0 Å². The van der Waals surface area contributed by atoms with Crippen LogP contribution in [0.1, 0.15) is 22.3 Å². The molecule has 148 valence electrons. The zero-order valence-corrected chi connectivity index (χ0v) is 18.0. The first-order chi connectivity index (χ1) is 14.1. The highest BCUT2D eigenvalue weighted by Crippen LogP contribution is 2.23. The maximum atomic E-state index is 12.9. The summed E-state index contributed by atoms with van der Waals surface area (Å²) >= 11 is 8.11. The van der Waals surface area contributed by atoms with E-state index in [1.54, 1.807) is 0 Å². The molecule has 0 saturated carbocycles. The molecule has 3 aromatic carbocycles. The molecule has 0 spiro atoms. The number of amides is 1. The lowest BCUT2D eigenvalue weighted by molar-refractivity contribution is -0.115. The molecule has 0 bridgehead atoms. The largest absolute Gasteiger partial charge is 0.351 e. The minimum atomic E-state index is -0.0905. The van der Waals surface area contributed by atoms with Crippen molar-refractivity contribution in [3.63, 3.8) is 0 Å². The van der Waals surface area contributed by atoms with Crippen molar-refractivity contribution >= 4 is 40.9 Å². The van der Waals surface area contributed by atoms with Crippen molar-refractivity contribution < 1.29 is 4.79 Å². The van der Waals surface area contributed by atoms with Gasteiger partial charge in [0.1, 0.15) is 0 Å². The van der Waals surface area contributed by atoms with E-state index in [-0.39, 0.29) is 5.91 Å². The van der Waals surface area contributed by atoms with Gasteiger partial charge >= 0.3 is 0 Å². The lowest BCUT2D eigenvalue weighted by Crippen LogP contribution is -2.26. The van der Waals surface area contributed by atoms with Crippen LogP contribution in [0.3, 0.4) is 0 Å². The summed E-state index contributed by atoms with van der Waals surface area (Å²) in [7, 11) is 0. The molecule has 0 aliphatic rings. The summed E-state index contributed by atoms with van der Waals surface area (Å²) in [6.45, 7) is 2.72. The Balaban J connectivity index is 1.62. The summed E-state index contributed by atoms with van der Waals surface area (Å²) < 4.78 is 0. The minimum absolute atomic E-state index is 0.0905. The maximum absolute atomic E-state index is 12.9. The van der Waals surface area contributed by atoms with Gasteiger partial charge < -0.3 is 5.32 Å². The van der Waals surface area contributed by atoms with E-state index in [1.807, 2.05) is 72.4 Å². The molecule has 3 aromatic rings. The lowest BCUT2D eigenvalue weighted by Gasteiger charge is -2.10. The summed E-state index contributed by atoms with van der Waals surface area (Å²) in [6, 6.07) is 25.7. The Labute approximate surface area is 182 Å². The average molecular weight is 422 g/mol. The number of thioether (sulfide) groups is 1. The van der Waals surface area contributed by atoms with Gasteiger partial charge in [-0.05, 0) is 35.8 Å². The van der Waals surface area contributed by atoms with Crippen molar-refractivity contribution in [2.24, 2.45) is 0 Å². The summed E-state index contributed by atoms with van der Waals surface area (Å²) in [5, 5.41) is 3.67. The number of rotatable bonds is 8. The van der Waals surface area contributed by atoms with Gasteiger partial charge in [-0.25, -0.2) is 0 Å². The third kappa shape index (κ3) is 6.52. The first-order valence-corrected chi connectivity index (χ1v) is 11.1.